The Morgan fingerprint density at radius 2 is 0.915 bits per heavy atom. The second kappa shape index (κ2) is 11.2. The van der Waals surface area contributed by atoms with Crippen LogP contribution in [0.3, 0.4) is 0 Å². The molecule has 2 heterocycles. The fourth-order valence-electron chi connectivity index (χ4n) is 6.53. The Morgan fingerprint density at radius 1 is 0.383 bits per heavy atom. The van der Waals surface area contributed by atoms with Crippen molar-refractivity contribution in [3.05, 3.63) is 170 Å². The Labute approximate surface area is 272 Å². The van der Waals surface area contributed by atoms with Crippen LogP contribution in [0.5, 0.6) is 0 Å². The molecule has 0 saturated heterocycles. The molecule has 9 aromatic rings. The predicted octanol–water partition coefficient (Wildman–Crippen LogP) is 11.9. The van der Waals surface area contributed by atoms with Crippen molar-refractivity contribution in [2.75, 3.05) is 0 Å². The van der Waals surface area contributed by atoms with Crippen LogP contribution in [0.15, 0.2) is 174 Å². The van der Waals surface area contributed by atoms with Gasteiger partial charge in [0.15, 0.2) is 11.4 Å². The predicted molar refractivity (Wildman–Crippen MR) is 194 cm³/mol. The van der Waals surface area contributed by atoms with Gasteiger partial charge in [0.1, 0.15) is 16.8 Å². The maximum absolute atomic E-state index is 6.49. The van der Waals surface area contributed by atoms with Gasteiger partial charge in [-0.1, -0.05) is 152 Å². The molecule has 3 nitrogen and oxygen atoms in total. The Bertz CT molecular complexity index is 2550. The quantitative estimate of drug-likeness (QED) is 0.197. The molecule has 0 atom stereocenters. The zero-order chi connectivity index (χ0) is 31.2. The van der Waals surface area contributed by atoms with E-state index in [1.54, 1.807) is 0 Å². The van der Waals surface area contributed by atoms with Crippen molar-refractivity contribution in [2.24, 2.45) is 0 Å². The van der Waals surface area contributed by atoms with Crippen molar-refractivity contribution in [3.63, 3.8) is 0 Å². The average Bonchev–Trinajstić information content (AvgIpc) is 3.55. The highest BCUT2D eigenvalue weighted by molar-refractivity contribution is 6.19. The molecule has 0 spiro atoms. The SMILES string of the molecule is c1ccc(-c2ccc(-c3cccc(-c4cccc(-c5nc(-c6ccccc6)c6oc7ccc8ccccc8c7c6n5)c4)c3)cc2)cc1. The van der Waals surface area contributed by atoms with Gasteiger partial charge in [0, 0.05) is 11.1 Å². The summed E-state index contributed by atoms with van der Waals surface area (Å²) in [7, 11) is 0. The molecule has 9 rings (SSSR count). The van der Waals surface area contributed by atoms with Crippen LogP contribution in [0.4, 0.5) is 0 Å². The second-order valence-corrected chi connectivity index (χ2v) is 11.8. The van der Waals surface area contributed by atoms with E-state index in [0.717, 1.165) is 55.2 Å². The van der Waals surface area contributed by atoms with Crippen molar-refractivity contribution in [1.82, 2.24) is 9.97 Å². The van der Waals surface area contributed by atoms with Crippen LogP contribution in [-0.2, 0) is 0 Å². The van der Waals surface area contributed by atoms with Crippen molar-refractivity contribution in [1.29, 1.82) is 0 Å². The summed E-state index contributed by atoms with van der Waals surface area (Å²) in [5, 5.41) is 3.29. The average molecular weight is 601 g/mol. The molecule has 0 amide bonds. The van der Waals surface area contributed by atoms with Gasteiger partial charge >= 0.3 is 0 Å². The van der Waals surface area contributed by atoms with Crippen molar-refractivity contribution in [3.8, 4) is 56.0 Å². The molecule has 220 valence electrons. The lowest BCUT2D eigenvalue weighted by Crippen LogP contribution is -1.94. The molecule has 0 aliphatic carbocycles. The van der Waals surface area contributed by atoms with Crippen LogP contribution in [0.25, 0.3) is 88.9 Å². The lowest BCUT2D eigenvalue weighted by molar-refractivity contribution is 0.667. The minimum absolute atomic E-state index is 0.668. The molecule has 0 fully saturated rings. The van der Waals surface area contributed by atoms with Crippen molar-refractivity contribution in [2.45, 2.75) is 0 Å². The third-order valence-corrected chi connectivity index (χ3v) is 8.89. The van der Waals surface area contributed by atoms with E-state index >= 15 is 0 Å². The zero-order valence-electron chi connectivity index (χ0n) is 25.5. The minimum atomic E-state index is 0.668. The molecule has 3 heteroatoms. The number of nitrogens with zero attached hydrogens (tertiary/aromatic N) is 2. The molecular formula is C44H28N2O. The molecule has 0 aliphatic heterocycles. The van der Waals surface area contributed by atoms with Gasteiger partial charge in [-0.15, -0.1) is 0 Å². The van der Waals surface area contributed by atoms with E-state index < -0.39 is 0 Å². The van der Waals surface area contributed by atoms with E-state index in [9.17, 15) is 0 Å². The first kappa shape index (κ1) is 27.0. The maximum atomic E-state index is 6.49. The van der Waals surface area contributed by atoms with Crippen LogP contribution < -0.4 is 0 Å². The first-order valence-electron chi connectivity index (χ1n) is 15.8. The number of benzene rings is 7. The summed E-state index contributed by atoms with van der Waals surface area (Å²) < 4.78 is 6.49. The van der Waals surface area contributed by atoms with Gasteiger partial charge in [-0.3, -0.25) is 0 Å². The van der Waals surface area contributed by atoms with Crippen molar-refractivity contribution >= 4 is 32.8 Å². The van der Waals surface area contributed by atoms with E-state index in [1.165, 1.54) is 22.3 Å². The summed E-state index contributed by atoms with van der Waals surface area (Å²) in [6, 6.07) is 59.3. The van der Waals surface area contributed by atoms with E-state index in [4.69, 9.17) is 14.4 Å². The lowest BCUT2D eigenvalue weighted by atomic mass is 9.96. The van der Waals surface area contributed by atoms with Crippen LogP contribution in [0.2, 0.25) is 0 Å². The topological polar surface area (TPSA) is 38.9 Å². The van der Waals surface area contributed by atoms with E-state index in [-0.39, 0.29) is 0 Å². The highest BCUT2D eigenvalue weighted by Crippen LogP contribution is 2.39. The Hall–Kier alpha value is -6.32. The largest absolute Gasteiger partial charge is 0.452 e. The fourth-order valence-corrected chi connectivity index (χ4v) is 6.53. The molecule has 47 heavy (non-hydrogen) atoms. The molecule has 0 bridgehead atoms. The molecule has 7 aromatic carbocycles. The zero-order valence-corrected chi connectivity index (χ0v) is 25.5. The maximum Gasteiger partial charge on any atom is 0.180 e. The van der Waals surface area contributed by atoms with Gasteiger partial charge in [-0.2, -0.15) is 0 Å². The number of furan rings is 1. The molecule has 0 saturated carbocycles. The number of hydrogen-bond donors (Lipinski definition) is 0. The number of fused-ring (bicyclic) bond motifs is 5. The van der Waals surface area contributed by atoms with Crippen molar-refractivity contribution < 1.29 is 4.42 Å². The molecular weight excluding hydrogens is 572 g/mol. The van der Waals surface area contributed by atoms with Crippen LogP contribution in [0.1, 0.15) is 0 Å². The molecule has 0 radical (unpaired) electrons. The van der Waals surface area contributed by atoms with Gasteiger partial charge in [0.05, 0.1) is 5.39 Å². The van der Waals surface area contributed by atoms with Crippen LogP contribution in [0, 0.1) is 0 Å². The smallest absolute Gasteiger partial charge is 0.180 e. The second-order valence-electron chi connectivity index (χ2n) is 11.8. The summed E-state index contributed by atoms with van der Waals surface area (Å²) in [6.45, 7) is 0. The van der Waals surface area contributed by atoms with Crippen LogP contribution in [-0.4, -0.2) is 9.97 Å². The van der Waals surface area contributed by atoms with E-state index in [0.29, 0.717) is 11.4 Å². The summed E-state index contributed by atoms with van der Waals surface area (Å²) in [4.78, 5) is 10.3. The number of hydrogen-bond acceptors (Lipinski definition) is 3. The van der Waals surface area contributed by atoms with Gasteiger partial charge < -0.3 is 4.42 Å². The highest BCUT2D eigenvalue weighted by atomic mass is 16.3. The summed E-state index contributed by atoms with van der Waals surface area (Å²) >= 11 is 0. The first-order chi connectivity index (χ1) is 23.3. The molecule has 0 unspecified atom stereocenters. The number of rotatable bonds is 5. The Balaban J connectivity index is 1.16. The standard InChI is InChI=1S/C44H28N2O/c1-3-11-29(12-4-1)30-21-23-31(24-22-30)34-16-9-17-35(27-34)36-18-10-19-37(28-36)44-45-41(33-14-5-2-6-15-33)43-42(46-44)40-38-20-8-7-13-32(38)25-26-39(40)47-43/h1-28H. The van der Waals surface area contributed by atoms with Crippen LogP contribution >= 0.6 is 0 Å². The Kier molecular flexibility index (Phi) is 6.46. The lowest BCUT2D eigenvalue weighted by Gasteiger charge is -2.10. The normalized spacial score (nSPS) is 11.4. The van der Waals surface area contributed by atoms with Gasteiger partial charge in [-0.05, 0) is 62.4 Å². The van der Waals surface area contributed by atoms with Gasteiger partial charge in [-0.25, -0.2) is 9.97 Å². The minimum Gasteiger partial charge on any atom is -0.452 e. The fraction of sp³-hybridized carbons (Fsp3) is 0. The summed E-state index contributed by atoms with van der Waals surface area (Å²) in [6.07, 6.45) is 0. The van der Waals surface area contributed by atoms with E-state index in [2.05, 4.69) is 140 Å². The molecule has 0 aliphatic rings. The molecule has 2 aromatic heterocycles. The van der Waals surface area contributed by atoms with Gasteiger partial charge in [0.25, 0.3) is 0 Å². The third-order valence-electron chi connectivity index (χ3n) is 8.89. The number of aromatic nitrogens is 2. The van der Waals surface area contributed by atoms with E-state index in [1.807, 2.05) is 30.3 Å². The highest BCUT2D eigenvalue weighted by Gasteiger charge is 2.20. The first-order valence-corrected chi connectivity index (χ1v) is 15.8. The summed E-state index contributed by atoms with van der Waals surface area (Å²) in [5.41, 5.74) is 12.1. The molecule has 0 N–H and O–H groups in total. The van der Waals surface area contributed by atoms with Gasteiger partial charge in [0.2, 0.25) is 0 Å². The summed E-state index contributed by atoms with van der Waals surface area (Å²) in [5.74, 6) is 0.668. The third kappa shape index (κ3) is 4.86. The monoisotopic (exact) mass is 600 g/mol. The Morgan fingerprint density at radius 3 is 1.64 bits per heavy atom.